The summed E-state index contributed by atoms with van der Waals surface area (Å²) in [6.07, 6.45) is 0.596. The first-order valence-electron chi connectivity index (χ1n) is 5.05. The quantitative estimate of drug-likeness (QED) is 0.655. The first-order chi connectivity index (χ1) is 8.00. The van der Waals surface area contributed by atoms with E-state index in [9.17, 15) is 19.1 Å². The van der Waals surface area contributed by atoms with Crippen LogP contribution in [0.2, 0.25) is 0 Å². The highest BCUT2D eigenvalue weighted by Gasteiger charge is 2.10. The second kappa shape index (κ2) is 5.83. The summed E-state index contributed by atoms with van der Waals surface area (Å²) in [4.78, 5) is 21.9. The van der Waals surface area contributed by atoms with Crippen LogP contribution in [0, 0.1) is 5.82 Å². The first kappa shape index (κ1) is 13.0. The molecule has 2 amide bonds. The maximum atomic E-state index is 12.7. The molecule has 0 heterocycles. The van der Waals surface area contributed by atoms with E-state index >= 15 is 0 Å². The van der Waals surface area contributed by atoms with Crippen LogP contribution in [0.4, 0.5) is 4.39 Å². The highest BCUT2D eigenvalue weighted by Crippen LogP contribution is 2.17. The zero-order valence-electron chi connectivity index (χ0n) is 9.07. The molecule has 0 unspecified atom stereocenters. The van der Waals surface area contributed by atoms with Crippen LogP contribution in [-0.2, 0) is 4.79 Å². The molecule has 0 spiro atoms. The van der Waals surface area contributed by atoms with Crippen LogP contribution in [0.1, 0.15) is 23.2 Å². The monoisotopic (exact) mass is 240 g/mol. The average molecular weight is 240 g/mol. The van der Waals surface area contributed by atoms with E-state index in [-0.39, 0.29) is 18.5 Å². The van der Waals surface area contributed by atoms with Gasteiger partial charge in [0.05, 0.1) is 5.56 Å². The minimum Gasteiger partial charge on any atom is -0.507 e. The van der Waals surface area contributed by atoms with E-state index in [1.54, 1.807) is 0 Å². The molecule has 0 aliphatic rings. The molecule has 6 heteroatoms. The molecule has 1 aromatic carbocycles. The number of phenols is 1. The van der Waals surface area contributed by atoms with Crippen molar-refractivity contribution >= 4 is 11.8 Å². The summed E-state index contributed by atoms with van der Waals surface area (Å²) in [5, 5.41) is 11.8. The molecule has 0 bridgehead atoms. The molecule has 0 aliphatic heterocycles. The summed E-state index contributed by atoms with van der Waals surface area (Å²) in [6.45, 7) is 0.262. The summed E-state index contributed by atoms with van der Waals surface area (Å²) in [7, 11) is 0. The number of amides is 2. The van der Waals surface area contributed by atoms with Crippen LogP contribution in [-0.4, -0.2) is 23.5 Å². The van der Waals surface area contributed by atoms with E-state index in [0.29, 0.717) is 6.42 Å². The number of halogens is 1. The molecule has 1 aromatic rings. The molecule has 1 rings (SSSR count). The topological polar surface area (TPSA) is 92.4 Å². The van der Waals surface area contributed by atoms with Gasteiger partial charge in [0.1, 0.15) is 11.6 Å². The maximum absolute atomic E-state index is 12.7. The average Bonchev–Trinajstić information content (AvgIpc) is 2.23. The van der Waals surface area contributed by atoms with Crippen molar-refractivity contribution in [1.29, 1.82) is 0 Å². The molecule has 0 fully saturated rings. The number of carbonyl (C=O) groups is 2. The van der Waals surface area contributed by atoms with Crippen LogP contribution in [0.25, 0.3) is 0 Å². The summed E-state index contributed by atoms with van der Waals surface area (Å²) in [6, 6.07) is 3.13. The van der Waals surface area contributed by atoms with Gasteiger partial charge in [-0.15, -0.1) is 0 Å². The second-order valence-electron chi connectivity index (χ2n) is 3.49. The van der Waals surface area contributed by atoms with Gasteiger partial charge in [-0.1, -0.05) is 0 Å². The lowest BCUT2D eigenvalue weighted by molar-refractivity contribution is -0.118. The number of hydrogen-bond acceptors (Lipinski definition) is 3. The van der Waals surface area contributed by atoms with Gasteiger partial charge in [-0.25, -0.2) is 4.39 Å². The van der Waals surface area contributed by atoms with Crippen LogP contribution in [0.3, 0.4) is 0 Å². The fraction of sp³-hybridized carbons (Fsp3) is 0.273. The van der Waals surface area contributed by atoms with Crippen LogP contribution in [0.15, 0.2) is 18.2 Å². The smallest absolute Gasteiger partial charge is 0.255 e. The summed E-state index contributed by atoms with van der Waals surface area (Å²) in [5.41, 5.74) is 4.92. The Bertz CT molecular complexity index is 435. The lowest BCUT2D eigenvalue weighted by atomic mass is 10.2. The van der Waals surface area contributed by atoms with Gasteiger partial charge in [0.15, 0.2) is 0 Å². The molecule has 0 aromatic heterocycles. The van der Waals surface area contributed by atoms with Gasteiger partial charge in [0.2, 0.25) is 5.91 Å². The number of nitrogens with two attached hydrogens (primary N) is 1. The van der Waals surface area contributed by atoms with Gasteiger partial charge in [-0.2, -0.15) is 0 Å². The second-order valence-corrected chi connectivity index (χ2v) is 3.49. The van der Waals surface area contributed by atoms with Crippen molar-refractivity contribution in [3.8, 4) is 5.75 Å². The number of aromatic hydroxyl groups is 1. The van der Waals surface area contributed by atoms with Crippen molar-refractivity contribution < 1.29 is 19.1 Å². The third-order valence-electron chi connectivity index (χ3n) is 2.09. The Morgan fingerprint density at radius 2 is 2.12 bits per heavy atom. The van der Waals surface area contributed by atoms with E-state index in [4.69, 9.17) is 5.73 Å². The predicted molar refractivity (Wildman–Crippen MR) is 58.8 cm³/mol. The molecule has 92 valence electrons. The van der Waals surface area contributed by atoms with E-state index in [1.807, 2.05) is 0 Å². The third kappa shape index (κ3) is 4.10. The van der Waals surface area contributed by atoms with Crippen LogP contribution in [0.5, 0.6) is 5.75 Å². The third-order valence-corrected chi connectivity index (χ3v) is 2.09. The van der Waals surface area contributed by atoms with E-state index < -0.39 is 23.4 Å². The van der Waals surface area contributed by atoms with Gasteiger partial charge in [-0.05, 0) is 18.6 Å². The molecule has 17 heavy (non-hydrogen) atoms. The Balaban J connectivity index is 2.50. The van der Waals surface area contributed by atoms with Crippen molar-refractivity contribution in [3.05, 3.63) is 29.6 Å². The molecular formula is C11H13FN2O3. The van der Waals surface area contributed by atoms with Gasteiger partial charge in [0.25, 0.3) is 5.91 Å². The number of phenolic OH excluding ortho intramolecular Hbond substituents is 1. The number of benzene rings is 1. The van der Waals surface area contributed by atoms with Gasteiger partial charge in [0, 0.05) is 19.0 Å². The van der Waals surface area contributed by atoms with Crippen molar-refractivity contribution in [2.45, 2.75) is 12.8 Å². The lowest BCUT2D eigenvalue weighted by Crippen LogP contribution is -2.25. The number of hydrogen-bond donors (Lipinski definition) is 3. The van der Waals surface area contributed by atoms with E-state index in [2.05, 4.69) is 5.32 Å². The molecule has 0 atom stereocenters. The molecule has 4 N–H and O–H groups in total. The fourth-order valence-electron chi connectivity index (χ4n) is 1.26. The number of primary amides is 1. The summed E-state index contributed by atoms with van der Waals surface area (Å²) < 4.78 is 12.7. The normalized spacial score (nSPS) is 9.94. The SMILES string of the molecule is NC(=O)CCCNC(=O)c1ccc(F)cc1O. The number of rotatable bonds is 5. The summed E-state index contributed by atoms with van der Waals surface area (Å²) >= 11 is 0. The minimum atomic E-state index is -0.618. The maximum Gasteiger partial charge on any atom is 0.255 e. The van der Waals surface area contributed by atoms with Gasteiger partial charge >= 0.3 is 0 Å². The Morgan fingerprint density at radius 3 is 2.71 bits per heavy atom. The zero-order valence-corrected chi connectivity index (χ0v) is 9.07. The molecule has 0 saturated heterocycles. The Kier molecular flexibility index (Phi) is 4.45. The van der Waals surface area contributed by atoms with Crippen molar-refractivity contribution in [3.63, 3.8) is 0 Å². The van der Waals surface area contributed by atoms with Crippen molar-refractivity contribution in [1.82, 2.24) is 5.32 Å². The first-order valence-corrected chi connectivity index (χ1v) is 5.05. The molecule has 0 aliphatic carbocycles. The Morgan fingerprint density at radius 1 is 1.41 bits per heavy atom. The highest BCUT2D eigenvalue weighted by atomic mass is 19.1. The van der Waals surface area contributed by atoms with Crippen LogP contribution < -0.4 is 11.1 Å². The zero-order chi connectivity index (χ0) is 12.8. The Hall–Kier alpha value is -2.11. The van der Waals surface area contributed by atoms with E-state index in [1.165, 1.54) is 6.07 Å². The minimum absolute atomic E-state index is 0.00882. The Labute approximate surface area is 97.4 Å². The van der Waals surface area contributed by atoms with Crippen LogP contribution >= 0.6 is 0 Å². The fourth-order valence-corrected chi connectivity index (χ4v) is 1.26. The number of nitrogens with one attached hydrogen (secondary N) is 1. The molecule has 0 saturated carbocycles. The highest BCUT2D eigenvalue weighted by molar-refractivity contribution is 5.96. The van der Waals surface area contributed by atoms with Gasteiger partial charge in [-0.3, -0.25) is 9.59 Å². The largest absolute Gasteiger partial charge is 0.507 e. The number of carbonyl (C=O) groups excluding carboxylic acids is 2. The molecule has 0 radical (unpaired) electrons. The predicted octanol–water partition coefficient (Wildman–Crippen LogP) is 0.527. The van der Waals surface area contributed by atoms with Crippen molar-refractivity contribution in [2.75, 3.05) is 6.54 Å². The lowest BCUT2D eigenvalue weighted by Gasteiger charge is -2.06. The molecule has 5 nitrogen and oxygen atoms in total. The van der Waals surface area contributed by atoms with E-state index in [0.717, 1.165) is 12.1 Å². The standard InChI is InChI=1S/C11H13FN2O3/c12-7-3-4-8(9(15)6-7)11(17)14-5-1-2-10(13)16/h3-4,6,15H,1-2,5H2,(H2,13,16)(H,14,17). The van der Waals surface area contributed by atoms with Crippen molar-refractivity contribution in [2.24, 2.45) is 5.73 Å². The molecular weight excluding hydrogens is 227 g/mol. The summed E-state index contributed by atoms with van der Waals surface area (Å²) in [5.74, 6) is -2.00. The van der Waals surface area contributed by atoms with Gasteiger partial charge < -0.3 is 16.2 Å².